The summed E-state index contributed by atoms with van der Waals surface area (Å²) >= 11 is 0. The highest BCUT2D eigenvalue weighted by Crippen LogP contribution is 2.41. The standard InChI is InChI=1S/C22H22N4O4/c1-30-16-8-4-13(5-9-16)18(12-2-3-12)24-20(27)14-10-17-19(23-11-14)26(15-6-7-15)22(29)25-21(17)28/h4-5,8-12,15,18H,2-3,6-7H2,1H3,(H,24,27)(H,25,28,29)/t18-/m0/s1. The molecule has 2 aliphatic carbocycles. The lowest BCUT2D eigenvalue weighted by atomic mass is 10.0. The summed E-state index contributed by atoms with van der Waals surface area (Å²) in [6.07, 6.45) is 5.32. The van der Waals surface area contributed by atoms with Crippen molar-refractivity contribution in [3.63, 3.8) is 0 Å². The van der Waals surface area contributed by atoms with E-state index in [4.69, 9.17) is 4.74 Å². The Bertz CT molecular complexity index is 1240. The summed E-state index contributed by atoms with van der Waals surface area (Å²) in [6.45, 7) is 0. The van der Waals surface area contributed by atoms with Crippen LogP contribution in [0.4, 0.5) is 0 Å². The number of carbonyl (C=O) groups excluding carboxylic acids is 1. The lowest BCUT2D eigenvalue weighted by Gasteiger charge is -2.19. The number of benzene rings is 1. The van der Waals surface area contributed by atoms with Gasteiger partial charge in [-0.2, -0.15) is 0 Å². The highest BCUT2D eigenvalue weighted by Gasteiger charge is 2.34. The summed E-state index contributed by atoms with van der Waals surface area (Å²) in [6, 6.07) is 9.15. The van der Waals surface area contributed by atoms with Gasteiger partial charge >= 0.3 is 5.69 Å². The molecule has 0 unspecified atom stereocenters. The van der Waals surface area contributed by atoms with E-state index in [1.807, 2.05) is 24.3 Å². The van der Waals surface area contributed by atoms with Crippen LogP contribution in [0.25, 0.3) is 11.0 Å². The second-order valence-electron chi connectivity index (χ2n) is 8.02. The van der Waals surface area contributed by atoms with E-state index in [0.717, 1.165) is 37.0 Å². The number of methoxy groups -OCH3 is 1. The number of nitrogens with one attached hydrogen (secondary N) is 2. The number of hydrogen-bond donors (Lipinski definition) is 2. The monoisotopic (exact) mass is 406 g/mol. The molecule has 5 rings (SSSR count). The number of ether oxygens (including phenoxy) is 1. The molecule has 1 aromatic carbocycles. The Hall–Kier alpha value is -3.42. The molecule has 0 bridgehead atoms. The second-order valence-corrected chi connectivity index (χ2v) is 8.02. The molecular formula is C22H22N4O4. The van der Waals surface area contributed by atoms with E-state index in [9.17, 15) is 14.4 Å². The van der Waals surface area contributed by atoms with E-state index in [2.05, 4.69) is 15.3 Å². The van der Waals surface area contributed by atoms with Crippen molar-refractivity contribution in [2.75, 3.05) is 7.11 Å². The molecule has 2 fully saturated rings. The first-order valence-corrected chi connectivity index (χ1v) is 10.1. The molecule has 0 saturated heterocycles. The molecule has 1 atom stereocenters. The van der Waals surface area contributed by atoms with Crippen LogP contribution in [0.2, 0.25) is 0 Å². The molecule has 2 aliphatic rings. The van der Waals surface area contributed by atoms with Crippen molar-refractivity contribution >= 4 is 16.9 Å². The van der Waals surface area contributed by atoms with Gasteiger partial charge < -0.3 is 10.1 Å². The third-order valence-electron chi connectivity index (χ3n) is 5.81. The van der Waals surface area contributed by atoms with Crippen molar-refractivity contribution in [2.24, 2.45) is 5.92 Å². The van der Waals surface area contributed by atoms with E-state index >= 15 is 0 Å². The van der Waals surface area contributed by atoms with Crippen LogP contribution in [0.15, 0.2) is 46.1 Å². The summed E-state index contributed by atoms with van der Waals surface area (Å²) in [7, 11) is 1.62. The van der Waals surface area contributed by atoms with Crippen LogP contribution in [0, 0.1) is 5.92 Å². The fourth-order valence-corrected chi connectivity index (χ4v) is 3.87. The Morgan fingerprint density at radius 1 is 1.20 bits per heavy atom. The highest BCUT2D eigenvalue weighted by molar-refractivity contribution is 5.97. The maximum absolute atomic E-state index is 13.0. The first kappa shape index (κ1) is 18.6. The average molecular weight is 406 g/mol. The number of nitrogens with zero attached hydrogens (tertiary/aromatic N) is 2. The highest BCUT2D eigenvalue weighted by atomic mass is 16.5. The lowest BCUT2D eigenvalue weighted by Crippen LogP contribution is -2.32. The van der Waals surface area contributed by atoms with Gasteiger partial charge in [-0.25, -0.2) is 9.78 Å². The first-order chi connectivity index (χ1) is 14.5. The molecule has 1 amide bonds. The normalized spacial score (nSPS) is 17.0. The number of hydrogen-bond acceptors (Lipinski definition) is 5. The largest absolute Gasteiger partial charge is 0.497 e. The molecule has 8 heteroatoms. The molecule has 8 nitrogen and oxygen atoms in total. The Morgan fingerprint density at radius 2 is 1.93 bits per heavy atom. The van der Waals surface area contributed by atoms with E-state index in [1.165, 1.54) is 16.8 Å². The van der Waals surface area contributed by atoms with Gasteiger partial charge in [0.05, 0.1) is 24.1 Å². The topological polar surface area (TPSA) is 106 Å². The van der Waals surface area contributed by atoms with Crippen molar-refractivity contribution in [2.45, 2.75) is 37.8 Å². The van der Waals surface area contributed by atoms with E-state index in [1.54, 1.807) is 7.11 Å². The van der Waals surface area contributed by atoms with Crippen LogP contribution in [0.3, 0.4) is 0 Å². The van der Waals surface area contributed by atoms with Crippen LogP contribution >= 0.6 is 0 Å². The number of pyridine rings is 1. The fraction of sp³-hybridized carbons (Fsp3) is 0.364. The van der Waals surface area contributed by atoms with Gasteiger partial charge in [-0.05, 0) is 55.4 Å². The average Bonchev–Trinajstić information content (AvgIpc) is 3.66. The number of aromatic amines is 1. The molecule has 0 radical (unpaired) electrons. The SMILES string of the molecule is COc1ccc([C@@H](NC(=O)c2cnc3c(c2)c(=O)[nH]c(=O)n3C2CC2)C2CC2)cc1. The minimum Gasteiger partial charge on any atom is -0.497 e. The molecule has 0 aliphatic heterocycles. The molecule has 2 N–H and O–H groups in total. The summed E-state index contributed by atoms with van der Waals surface area (Å²) in [4.78, 5) is 44.1. The molecule has 0 spiro atoms. The zero-order chi connectivity index (χ0) is 20.8. The van der Waals surface area contributed by atoms with Crippen LogP contribution in [0.5, 0.6) is 5.75 Å². The van der Waals surface area contributed by atoms with Gasteiger partial charge in [0.1, 0.15) is 11.4 Å². The van der Waals surface area contributed by atoms with E-state index in [-0.39, 0.29) is 23.4 Å². The number of H-pyrrole nitrogens is 1. The zero-order valence-electron chi connectivity index (χ0n) is 16.6. The van der Waals surface area contributed by atoms with Crippen molar-refractivity contribution < 1.29 is 9.53 Å². The number of amides is 1. The maximum Gasteiger partial charge on any atom is 0.330 e. The summed E-state index contributed by atoms with van der Waals surface area (Å²) < 4.78 is 6.73. The van der Waals surface area contributed by atoms with Crippen LogP contribution in [-0.2, 0) is 0 Å². The van der Waals surface area contributed by atoms with Gasteiger partial charge in [-0.1, -0.05) is 12.1 Å². The third-order valence-corrected chi connectivity index (χ3v) is 5.81. The van der Waals surface area contributed by atoms with E-state index in [0.29, 0.717) is 17.1 Å². The van der Waals surface area contributed by atoms with Crippen molar-refractivity contribution in [3.8, 4) is 5.75 Å². The molecule has 2 heterocycles. The number of rotatable bonds is 6. The van der Waals surface area contributed by atoms with Crippen molar-refractivity contribution in [1.29, 1.82) is 0 Å². The predicted molar refractivity (Wildman–Crippen MR) is 111 cm³/mol. The minimum atomic E-state index is -0.525. The predicted octanol–water partition coefficient (Wildman–Crippen LogP) is 2.31. The van der Waals surface area contributed by atoms with Crippen molar-refractivity contribution in [1.82, 2.24) is 19.9 Å². The fourth-order valence-electron chi connectivity index (χ4n) is 3.87. The Labute approximate surface area is 171 Å². The third kappa shape index (κ3) is 3.38. The minimum absolute atomic E-state index is 0.0679. The number of aromatic nitrogens is 3. The van der Waals surface area contributed by atoms with Gasteiger partial charge in [0.2, 0.25) is 0 Å². The smallest absolute Gasteiger partial charge is 0.330 e. The van der Waals surface area contributed by atoms with E-state index < -0.39 is 11.2 Å². The Balaban J connectivity index is 1.46. The van der Waals surface area contributed by atoms with Gasteiger partial charge in [0.25, 0.3) is 11.5 Å². The molecule has 154 valence electrons. The zero-order valence-corrected chi connectivity index (χ0v) is 16.6. The van der Waals surface area contributed by atoms with Crippen LogP contribution in [0.1, 0.15) is 53.7 Å². The Kier molecular flexibility index (Phi) is 4.42. The summed E-state index contributed by atoms with van der Waals surface area (Å²) in [5.74, 6) is 0.860. The second kappa shape index (κ2) is 7.12. The van der Waals surface area contributed by atoms with Crippen molar-refractivity contribution in [3.05, 3.63) is 68.5 Å². The molecule has 3 aromatic rings. The summed E-state index contributed by atoms with van der Waals surface area (Å²) in [5, 5.41) is 3.35. The Morgan fingerprint density at radius 3 is 2.57 bits per heavy atom. The van der Waals surface area contributed by atoms with Gasteiger partial charge in [0, 0.05) is 12.2 Å². The van der Waals surface area contributed by atoms with Crippen LogP contribution in [-0.4, -0.2) is 27.6 Å². The van der Waals surface area contributed by atoms with Gasteiger partial charge in [0.15, 0.2) is 0 Å². The molecular weight excluding hydrogens is 384 g/mol. The van der Waals surface area contributed by atoms with Crippen LogP contribution < -0.4 is 21.3 Å². The molecule has 2 saturated carbocycles. The van der Waals surface area contributed by atoms with Gasteiger partial charge in [-0.3, -0.25) is 19.1 Å². The maximum atomic E-state index is 13.0. The quantitative estimate of drug-likeness (QED) is 0.653. The molecule has 2 aromatic heterocycles. The van der Waals surface area contributed by atoms with Gasteiger partial charge in [-0.15, -0.1) is 0 Å². The first-order valence-electron chi connectivity index (χ1n) is 10.1. The number of fused-ring (bicyclic) bond motifs is 1. The lowest BCUT2D eigenvalue weighted by molar-refractivity contribution is 0.0931. The summed E-state index contributed by atoms with van der Waals surface area (Å²) in [5.41, 5.74) is 0.668. The number of carbonyl (C=O) groups is 1. The molecule has 30 heavy (non-hydrogen) atoms.